The van der Waals surface area contributed by atoms with E-state index in [9.17, 15) is 9.90 Å². The molecule has 22 heavy (non-hydrogen) atoms. The van der Waals surface area contributed by atoms with E-state index < -0.39 is 0 Å². The highest BCUT2D eigenvalue weighted by molar-refractivity contribution is 5.78. The normalized spacial score (nSPS) is 15.3. The van der Waals surface area contributed by atoms with Gasteiger partial charge in [-0.15, -0.1) is 0 Å². The zero-order valence-electron chi connectivity index (χ0n) is 13.3. The minimum Gasteiger partial charge on any atom is -0.459 e. The predicted octanol–water partition coefficient (Wildman–Crippen LogP) is 3.20. The molecule has 120 valence electrons. The van der Waals surface area contributed by atoms with E-state index in [0.717, 1.165) is 16.7 Å². The molecule has 1 aromatic heterocycles. The molecule has 0 aliphatic rings. The van der Waals surface area contributed by atoms with Crippen molar-refractivity contribution in [2.45, 2.75) is 39.3 Å². The van der Waals surface area contributed by atoms with Gasteiger partial charge in [-0.2, -0.15) is 0 Å². The van der Waals surface area contributed by atoms with Crippen LogP contribution < -0.4 is 10.6 Å². The van der Waals surface area contributed by atoms with Crippen molar-refractivity contribution in [3.05, 3.63) is 36.1 Å². The Morgan fingerprint density at radius 3 is 2.68 bits per heavy atom. The second kappa shape index (κ2) is 7.31. The number of hydrogen-bond donors (Lipinski definition) is 3. The third kappa shape index (κ3) is 4.49. The fourth-order valence-corrected chi connectivity index (χ4v) is 2.47. The van der Waals surface area contributed by atoms with Crippen LogP contribution >= 0.6 is 0 Å². The third-order valence-corrected chi connectivity index (χ3v) is 3.57. The Balaban J connectivity index is 1.85. The second-order valence-electron chi connectivity index (χ2n) is 5.95. The lowest BCUT2D eigenvalue weighted by Gasteiger charge is -2.16. The van der Waals surface area contributed by atoms with Crippen molar-refractivity contribution in [3.8, 4) is 0 Å². The number of rotatable bonds is 6. The van der Waals surface area contributed by atoms with Crippen LogP contribution in [0.25, 0.3) is 11.0 Å². The molecule has 0 aliphatic carbocycles. The van der Waals surface area contributed by atoms with Gasteiger partial charge in [0.15, 0.2) is 0 Å². The molecule has 1 heterocycles. The Bertz CT molecular complexity index is 588. The zero-order chi connectivity index (χ0) is 16.1. The van der Waals surface area contributed by atoms with E-state index in [0.29, 0.717) is 13.0 Å². The summed E-state index contributed by atoms with van der Waals surface area (Å²) in [4.78, 5) is 11.9. The lowest BCUT2D eigenvalue weighted by atomic mass is 10.1. The average molecular weight is 304 g/mol. The molecule has 0 bridgehead atoms. The van der Waals surface area contributed by atoms with Gasteiger partial charge >= 0.3 is 6.03 Å². The fraction of sp³-hybridized carbons (Fsp3) is 0.471. The maximum Gasteiger partial charge on any atom is 0.315 e. The quantitative estimate of drug-likeness (QED) is 0.767. The Hall–Kier alpha value is -2.01. The first-order valence-electron chi connectivity index (χ1n) is 7.66. The molecule has 3 N–H and O–H groups in total. The van der Waals surface area contributed by atoms with Crippen molar-refractivity contribution in [1.82, 2.24) is 10.6 Å². The fourth-order valence-electron chi connectivity index (χ4n) is 2.47. The molecule has 0 saturated heterocycles. The lowest BCUT2D eigenvalue weighted by molar-refractivity contribution is 0.163. The minimum absolute atomic E-state index is 0.209. The van der Waals surface area contributed by atoms with Crippen molar-refractivity contribution < 1.29 is 14.3 Å². The monoisotopic (exact) mass is 304 g/mol. The van der Waals surface area contributed by atoms with Crippen LogP contribution in [0, 0.1) is 5.92 Å². The van der Waals surface area contributed by atoms with Gasteiger partial charge in [-0.05, 0) is 38.3 Å². The summed E-state index contributed by atoms with van der Waals surface area (Å²) in [6, 6.07) is 9.26. The van der Waals surface area contributed by atoms with Crippen LogP contribution in [0.5, 0.6) is 0 Å². The second-order valence-corrected chi connectivity index (χ2v) is 5.95. The molecule has 2 aromatic rings. The van der Waals surface area contributed by atoms with E-state index in [2.05, 4.69) is 10.6 Å². The van der Waals surface area contributed by atoms with E-state index in [-0.39, 0.29) is 24.1 Å². The maximum absolute atomic E-state index is 11.9. The number of carbonyl (C=O) groups is 1. The van der Waals surface area contributed by atoms with E-state index >= 15 is 0 Å². The van der Waals surface area contributed by atoms with Crippen molar-refractivity contribution >= 4 is 17.0 Å². The molecule has 0 saturated carbocycles. The summed E-state index contributed by atoms with van der Waals surface area (Å²) in [6.45, 7) is 6.16. The van der Waals surface area contributed by atoms with Gasteiger partial charge in [0.25, 0.3) is 0 Å². The Labute approximate surface area is 130 Å². The van der Waals surface area contributed by atoms with Gasteiger partial charge < -0.3 is 20.2 Å². The number of aliphatic hydroxyl groups excluding tert-OH is 1. The van der Waals surface area contributed by atoms with Crippen LogP contribution in [0.15, 0.2) is 34.7 Å². The van der Waals surface area contributed by atoms with Gasteiger partial charge in [0.1, 0.15) is 11.3 Å². The first-order valence-corrected chi connectivity index (χ1v) is 7.66. The molecule has 3 atom stereocenters. The zero-order valence-corrected chi connectivity index (χ0v) is 13.3. The summed E-state index contributed by atoms with van der Waals surface area (Å²) in [7, 11) is 0. The molecule has 0 fully saturated rings. The Morgan fingerprint density at radius 1 is 1.27 bits per heavy atom. The lowest BCUT2D eigenvalue weighted by Crippen LogP contribution is -2.39. The Kier molecular flexibility index (Phi) is 5.44. The van der Waals surface area contributed by atoms with E-state index in [4.69, 9.17) is 4.42 Å². The molecule has 2 amide bonds. The SMILES string of the molecule is CC(O)CC(C)CNC(=O)NC(C)c1cc2ccccc2o1. The molecular weight excluding hydrogens is 280 g/mol. The summed E-state index contributed by atoms with van der Waals surface area (Å²) in [5.41, 5.74) is 0.817. The van der Waals surface area contributed by atoms with Crippen LogP contribution in [0.2, 0.25) is 0 Å². The highest BCUT2D eigenvalue weighted by Crippen LogP contribution is 2.23. The van der Waals surface area contributed by atoms with E-state index in [1.165, 1.54) is 0 Å². The van der Waals surface area contributed by atoms with Crippen molar-refractivity contribution in [3.63, 3.8) is 0 Å². The van der Waals surface area contributed by atoms with E-state index in [1.807, 2.05) is 44.2 Å². The first kappa shape index (κ1) is 16.4. The van der Waals surface area contributed by atoms with Crippen LogP contribution in [-0.2, 0) is 0 Å². The molecular formula is C17H24N2O3. The molecule has 0 radical (unpaired) electrons. The maximum atomic E-state index is 11.9. The summed E-state index contributed by atoms with van der Waals surface area (Å²) in [6.07, 6.45) is 0.314. The number of hydrogen-bond acceptors (Lipinski definition) is 3. The van der Waals surface area contributed by atoms with E-state index in [1.54, 1.807) is 6.92 Å². The number of furan rings is 1. The predicted molar refractivity (Wildman–Crippen MR) is 86.6 cm³/mol. The number of benzene rings is 1. The van der Waals surface area contributed by atoms with Gasteiger partial charge in [-0.25, -0.2) is 4.79 Å². The van der Waals surface area contributed by atoms with Gasteiger partial charge in [0.05, 0.1) is 12.1 Å². The standard InChI is InChI=1S/C17H24N2O3/c1-11(8-12(2)20)10-18-17(21)19-13(3)16-9-14-6-4-5-7-15(14)22-16/h4-7,9,11-13,20H,8,10H2,1-3H3,(H2,18,19,21). The number of para-hydroxylation sites is 1. The first-order chi connectivity index (χ1) is 10.5. The summed E-state index contributed by atoms with van der Waals surface area (Å²) in [5.74, 6) is 0.959. The van der Waals surface area contributed by atoms with Gasteiger partial charge in [0.2, 0.25) is 0 Å². The van der Waals surface area contributed by atoms with Crippen LogP contribution in [0.4, 0.5) is 4.79 Å². The van der Waals surface area contributed by atoms with Crippen molar-refractivity contribution in [2.75, 3.05) is 6.54 Å². The van der Waals surface area contributed by atoms with Crippen molar-refractivity contribution in [1.29, 1.82) is 0 Å². The van der Waals surface area contributed by atoms with Crippen LogP contribution in [0.1, 0.15) is 39.0 Å². The summed E-state index contributed by atoms with van der Waals surface area (Å²) >= 11 is 0. The summed E-state index contributed by atoms with van der Waals surface area (Å²) in [5, 5.41) is 16.0. The largest absolute Gasteiger partial charge is 0.459 e. The van der Waals surface area contributed by atoms with Gasteiger partial charge in [0, 0.05) is 11.9 Å². The number of urea groups is 1. The number of amides is 2. The highest BCUT2D eigenvalue weighted by Gasteiger charge is 2.14. The number of aliphatic hydroxyl groups is 1. The molecule has 0 spiro atoms. The van der Waals surface area contributed by atoms with Crippen molar-refractivity contribution in [2.24, 2.45) is 5.92 Å². The third-order valence-electron chi connectivity index (χ3n) is 3.57. The average Bonchev–Trinajstić information content (AvgIpc) is 2.88. The van der Waals surface area contributed by atoms with Gasteiger partial charge in [-0.1, -0.05) is 25.1 Å². The molecule has 0 aliphatic heterocycles. The molecule has 5 heteroatoms. The molecule has 3 unspecified atom stereocenters. The van der Waals surface area contributed by atoms with Gasteiger partial charge in [-0.3, -0.25) is 0 Å². The number of nitrogens with one attached hydrogen (secondary N) is 2. The smallest absolute Gasteiger partial charge is 0.315 e. The van der Waals surface area contributed by atoms with Crippen LogP contribution in [-0.4, -0.2) is 23.8 Å². The molecule has 5 nitrogen and oxygen atoms in total. The molecule has 1 aromatic carbocycles. The van der Waals surface area contributed by atoms with Crippen LogP contribution in [0.3, 0.4) is 0 Å². The number of carbonyl (C=O) groups excluding carboxylic acids is 1. The summed E-state index contributed by atoms with van der Waals surface area (Å²) < 4.78 is 5.73. The minimum atomic E-state index is -0.352. The number of fused-ring (bicyclic) bond motifs is 1. The molecule has 2 rings (SSSR count). The Morgan fingerprint density at radius 2 is 2.00 bits per heavy atom. The highest BCUT2D eigenvalue weighted by atomic mass is 16.3. The topological polar surface area (TPSA) is 74.5 Å².